The monoisotopic (exact) mass is 157 g/mol. The van der Waals surface area contributed by atoms with Crippen LogP contribution in [0.1, 0.15) is 0 Å². The van der Waals surface area contributed by atoms with Gasteiger partial charge in [0.2, 0.25) is 0 Å². The Morgan fingerprint density at radius 1 is 1.56 bits per heavy atom. The highest BCUT2D eigenvalue weighted by molar-refractivity contribution is 7.85. The van der Waals surface area contributed by atoms with E-state index in [1.54, 1.807) is 0 Å². The van der Waals surface area contributed by atoms with Crippen molar-refractivity contribution >= 4 is 10.1 Å². The largest absolute Gasteiger partial charge is 0.394 e. The molecule has 58 valence electrons. The summed E-state index contributed by atoms with van der Waals surface area (Å²) < 4.78 is 24.2. The average molecular weight is 157 g/mol. The van der Waals surface area contributed by atoms with Gasteiger partial charge in [-0.1, -0.05) is 0 Å². The Kier molecular flexibility index (Phi) is 6.04. The molecule has 4 N–H and O–H groups in total. The summed E-state index contributed by atoms with van der Waals surface area (Å²) in [4.78, 5) is 0. The lowest BCUT2D eigenvalue weighted by molar-refractivity contribution is 0.206. The summed E-state index contributed by atoms with van der Waals surface area (Å²) in [6, 6.07) is 0. The van der Waals surface area contributed by atoms with Gasteiger partial charge >= 0.3 is 0 Å². The van der Waals surface area contributed by atoms with E-state index >= 15 is 0 Å². The first-order valence-electron chi connectivity index (χ1n) is 2.01. The van der Waals surface area contributed by atoms with Crippen molar-refractivity contribution in [2.24, 2.45) is 0 Å². The van der Waals surface area contributed by atoms with Crippen molar-refractivity contribution in [3.05, 3.63) is 0 Å². The van der Waals surface area contributed by atoms with Gasteiger partial charge in [-0.2, -0.15) is 8.42 Å². The second-order valence-electron chi connectivity index (χ2n) is 1.25. The van der Waals surface area contributed by atoms with Crippen molar-refractivity contribution in [3.8, 4) is 0 Å². The number of aliphatic hydroxyl groups excluding tert-OH is 1. The van der Waals surface area contributed by atoms with Crippen LogP contribution in [-0.2, 0) is 14.3 Å². The predicted molar refractivity (Wildman–Crippen MR) is 32.9 cm³/mol. The molecule has 0 aromatic carbocycles. The molecular formula is C3H11NO4S. The molecule has 0 unspecified atom stereocenters. The molecule has 0 heterocycles. The highest BCUT2D eigenvalue weighted by atomic mass is 32.2. The summed E-state index contributed by atoms with van der Waals surface area (Å²) in [5.41, 5.74) is 0. The molecular weight excluding hydrogens is 146 g/mol. The third-order valence-corrected chi connectivity index (χ3v) is 0.984. The van der Waals surface area contributed by atoms with Crippen LogP contribution in [-0.4, -0.2) is 33.0 Å². The van der Waals surface area contributed by atoms with Crippen molar-refractivity contribution in [2.75, 3.05) is 19.5 Å². The zero-order valence-corrected chi connectivity index (χ0v) is 6.02. The molecule has 0 radical (unpaired) electrons. The molecule has 0 aromatic rings. The van der Waals surface area contributed by atoms with Gasteiger partial charge in [0.05, 0.1) is 19.5 Å². The molecule has 5 nitrogen and oxygen atoms in total. The maximum Gasteiger partial charge on any atom is 0.264 e. The topological polar surface area (TPSA) is 98.6 Å². The SMILES string of the molecule is CS(=O)(=O)OCCO.N. The molecule has 0 rings (SSSR count). The van der Waals surface area contributed by atoms with E-state index < -0.39 is 10.1 Å². The highest BCUT2D eigenvalue weighted by Gasteiger charge is 1.97. The summed E-state index contributed by atoms with van der Waals surface area (Å²) in [5, 5.41) is 8.04. The van der Waals surface area contributed by atoms with Gasteiger partial charge in [0.1, 0.15) is 0 Å². The maximum absolute atomic E-state index is 10.1. The maximum atomic E-state index is 10.1. The summed E-state index contributed by atoms with van der Waals surface area (Å²) in [5.74, 6) is 0. The van der Waals surface area contributed by atoms with Crippen molar-refractivity contribution in [1.29, 1.82) is 0 Å². The lowest BCUT2D eigenvalue weighted by Crippen LogP contribution is -2.06. The lowest BCUT2D eigenvalue weighted by atomic mass is 10.8. The number of rotatable bonds is 3. The normalized spacial score (nSPS) is 10.4. The molecule has 0 fully saturated rings. The summed E-state index contributed by atoms with van der Waals surface area (Å²) in [6.07, 6.45) is 0.933. The molecule has 0 amide bonds. The highest BCUT2D eigenvalue weighted by Crippen LogP contribution is 1.82. The smallest absolute Gasteiger partial charge is 0.264 e. The van der Waals surface area contributed by atoms with Crippen LogP contribution < -0.4 is 6.15 Å². The van der Waals surface area contributed by atoms with E-state index in [0.29, 0.717) is 0 Å². The predicted octanol–water partition coefficient (Wildman–Crippen LogP) is -0.883. The second kappa shape index (κ2) is 4.68. The van der Waals surface area contributed by atoms with Crippen LogP contribution in [0.3, 0.4) is 0 Å². The minimum absolute atomic E-state index is 0. The summed E-state index contributed by atoms with van der Waals surface area (Å²) >= 11 is 0. The van der Waals surface area contributed by atoms with Crippen molar-refractivity contribution in [3.63, 3.8) is 0 Å². The van der Waals surface area contributed by atoms with E-state index in [-0.39, 0.29) is 19.4 Å². The third-order valence-electron chi connectivity index (χ3n) is 0.389. The van der Waals surface area contributed by atoms with E-state index in [2.05, 4.69) is 4.18 Å². The zero-order chi connectivity index (χ0) is 6.62. The number of hydrogen-bond donors (Lipinski definition) is 2. The molecule has 6 heteroatoms. The van der Waals surface area contributed by atoms with Crippen LogP contribution in [0, 0.1) is 0 Å². The minimum Gasteiger partial charge on any atom is -0.394 e. The number of hydrogen-bond acceptors (Lipinski definition) is 5. The fourth-order valence-electron chi connectivity index (χ4n) is 0.189. The Bertz CT molecular complexity index is 140. The number of aliphatic hydroxyl groups is 1. The Morgan fingerprint density at radius 2 is 2.00 bits per heavy atom. The third kappa shape index (κ3) is 11.4. The van der Waals surface area contributed by atoms with Gasteiger partial charge in [-0.05, 0) is 0 Å². The van der Waals surface area contributed by atoms with Gasteiger partial charge in [0.15, 0.2) is 0 Å². The van der Waals surface area contributed by atoms with Crippen LogP contribution in [0.25, 0.3) is 0 Å². The molecule has 0 bridgehead atoms. The molecule has 0 aliphatic rings. The van der Waals surface area contributed by atoms with Crippen LogP contribution in [0.5, 0.6) is 0 Å². The van der Waals surface area contributed by atoms with Gasteiger partial charge in [0, 0.05) is 0 Å². The summed E-state index contributed by atoms with van der Waals surface area (Å²) in [7, 11) is -3.35. The van der Waals surface area contributed by atoms with Gasteiger partial charge in [-0.25, -0.2) is 0 Å². The Morgan fingerprint density at radius 3 is 2.11 bits per heavy atom. The molecule has 0 aliphatic heterocycles. The molecule has 0 atom stereocenters. The summed E-state index contributed by atoms with van der Waals surface area (Å²) in [6.45, 7) is -0.425. The van der Waals surface area contributed by atoms with E-state index in [1.165, 1.54) is 0 Å². The fraction of sp³-hybridized carbons (Fsp3) is 1.00. The Balaban J connectivity index is 0. The molecule has 0 saturated carbocycles. The molecule has 0 aromatic heterocycles. The molecule has 0 spiro atoms. The molecule has 9 heavy (non-hydrogen) atoms. The van der Waals surface area contributed by atoms with Crippen LogP contribution >= 0.6 is 0 Å². The van der Waals surface area contributed by atoms with Crippen molar-refractivity contribution in [2.45, 2.75) is 0 Å². The minimum atomic E-state index is -3.35. The van der Waals surface area contributed by atoms with Crippen molar-refractivity contribution in [1.82, 2.24) is 6.15 Å². The standard InChI is InChI=1S/C3H8O4S.H3N/c1-8(5,6)7-3-2-4;/h4H,2-3H2,1H3;1H3. The Hall–Kier alpha value is -0.170. The van der Waals surface area contributed by atoms with Gasteiger partial charge in [0.25, 0.3) is 10.1 Å². The molecule has 0 saturated heterocycles. The zero-order valence-electron chi connectivity index (χ0n) is 5.20. The van der Waals surface area contributed by atoms with E-state index in [0.717, 1.165) is 6.26 Å². The van der Waals surface area contributed by atoms with Crippen LogP contribution in [0.2, 0.25) is 0 Å². The fourth-order valence-corrected chi connectivity index (χ4v) is 0.566. The first kappa shape index (κ1) is 11.6. The molecule has 0 aliphatic carbocycles. The van der Waals surface area contributed by atoms with E-state index in [1.807, 2.05) is 0 Å². The van der Waals surface area contributed by atoms with Crippen LogP contribution in [0.4, 0.5) is 0 Å². The van der Waals surface area contributed by atoms with Gasteiger partial charge in [-0.3, -0.25) is 4.18 Å². The van der Waals surface area contributed by atoms with Crippen molar-refractivity contribution < 1.29 is 17.7 Å². The Labute approximate surface area is 54.3 Å². The quantitative estimate of drug-likeness (QED) is 0.518. The van der Waals surface area contributed by atoms with Gasteiger partial charge < -0.3 is 11.3 Å². The average Bonchev–Trinajstić information content (AvgIpc) is 1.59. The lowest BCUT2D eigenvalue weighted by Gasteiger charge is -1.93. The first-order valence-corrected chi connectivity index (χ1v) is 3.83. The van der Waals surface area contributed by atoms with Gasteiger partial charge in [-0.15, -0.1) is 0 Å². The first-order chi connectivity index (χ1) is 3.56. The second-order valence-corrected chi connectivity index (χ2v) is 2.89. The van der Waals surface area contributed by atoms with E-state index in [9.17, 15) is 8.42 Å². The van der Waals surface area contributed by atoms with Crippen LogP contribution in [0.15, 0.2) is 0 Å². The van der Waals surface area contributed by atoms with E-state index in [4.69, 9.17) is 5.11 Å².